The molecule has 0 saturated carbocycles. The molecule has 2 aromatic carbocycles. The van der Waals surface area contributed by atoms with Crippen LogP contribution in [0.15, 0.2) is 54.6 Å². The van der Waals surface area contributed by atoms with Gasteiger partial charge in [-0.1, -0.05) is 25.1 Å². The predicted molar refractivity (Wildman–Crippen MR) is 104 cm³/mol. The summed E-state index contributed by atoms with van der Waals surface area (Å²) in [5, 5.41) is 12.1. The Morgan fingerprint density at radius 3 is 2.37 bits per heavy atom. The van der Waals surface area contributed by atoms with Crippen molar-refractivity contribution in [3.05, 3.63) is 65.7 Å². The molecule has 3 N–H and O–H groups in total. The number of hydrogen-bond donors (Lipinski definition) is 3. The van der Waals surface area contributed by atoms with Crippen LogP contribution < -0.4 is 10.8 Å². The first-order chi connectivity index (χ1) is 13.1. The standard InChI is InChI=1S/C21H25N3O3/c1-2-19-13-12-18(14-24(19)21(26)16-6-4-3-5-7-16)22-17-10-8-15(9-11-17)20(25)23-27/h3-11,18-19,22,27H,2,12-14H2,1H3,(H,23,25). The van der Waals surface area contributed by atoms with E-state index in [4.69, 9.17) is 5.21 Å². The maximum atomic E-state index is 12.9. The number of hydroxylamine groups is 1. The van der Waals surface area contributed by atoms with Gasteiger partial charge >= 0.3 is 0 Å². The van der Waals surface area contributed by atoms with E-state index in [1.807, 2.05) is 35.2 Å². The van der Waals surface area contributed by atoms with Gasteiger partial charge in [-0.3, -0.25) is 14.8 Å². The van der Waals surface area contributed by atoms with Crippen LogP contribution in [-0.4, -0.2) is 40.5 Å². The summed E-state index contributed by atoms with van der Waals surface area (Å²) in [5.41, 5.74) is 3.62. The molecule has 1 aliphatic rings. The third-order valence-electron chi connectivity index (χ3n) is 5.08. The van der Waals surface area contributed by atoms with E-state index in [1.54, 1.807) is 29.7 Å². The first kappa shape index (κ1) is 18.9. The number of nitrogens with zero attached hydrogens (tertiary/aromatic N) is 1. The molecule has 2 amide bonds. The van der Waals surface area contributed by atoms with Crippen molar-refractivity contribution in [1.82, 2.24) is 10.4 Å². The predicted octanol–water partition coefficient (Wildman–Crippen LogP) is 3.30. The lowest BCUT2D eigenvalue weighted by Gasteiger charge is -2.40. The molecule has 0 aromatic heterocycles. The molecular formula is C21H25N3O3. The number of piperidine rings is 1. The SMILES string of the molecule is CCC1CCC(Nc2ccc(C(=O)NO)cc2)CN1C(=O)c1ccccc1. The molecule has 6 heteroatoms. The maximum Gasteiger partial charge on any atom is 0.274 e. The van der Waals surface area contributed by atoms with E-state index < -0.39 is 5.91 Å². The van der Waals surface area contributed by atoms with Crippen molar-refractivity contribution in [1.29, 1.82) is 0 Å². The number of benzene rings is 2. The van der Waals surface area contributed by atoms with Gasteiger partial charge < -0.3 is 10.2 Å². The molecule has 3 rings (SSSR count). The minimum atomic E-state index is -0.537. The van der Waals surface area contributed by atoms with Crippen LogP contribution in [0.4, 0.5) is 5.69 Å². The van der Waals surface area contributed by atoms with Crippen LogP contribution in [0, 0.1) is 0 Å². The zero-order chi connectivity index (χ0) is 19.2. The lowest BCUT2D eigenvalue weighted by atomic mass is 9.95. The smallest absolute Gasteiger partial charge is 0.274 e. The molecule has 2 atom stereocenters. The first-order valence-electron chi connectivity index (χ1n) is 9.29. The number of carbonyl (C=O) groups excluding carboxylic acids is 2. The Bertz CT molecular complexity index is 777. The van der Waals surface area contributed by atoms with Gasteiger partial charge in [0.25, 0.3) is 11.8 Å². The second kappa shape index (κ2) is 8.68. The van der Waals surface area contributed by atoms with Crippen molar-refractivity contribution in [2.45, 2.75) is 38.3 Å². The molecule has 27 heavy (non-hydrogen) atoms. The zero-order valence-electron chi connectivity index (χ0n) is 15.4. The number of hydrogen-bond acceptors (Lipinski definition) is 4. The van der Waals surface area contributed by atoms with Gasteiger partial charge in [-0.15, -0.1) is 0 Å². The number of anilines is 1. The van der Waals surface area contributed by atoms with Crippen molar-refractivity contribution in [3.8, 4) is 0 Å². The quantitative estimate of drug-likeness (QED) is 0.559. The Balaban J connectivity index is 1.69. The van der Waals surface area contributed by atoms with Crippen LogP contribution in [0.3, 0.4) is 0 Å². The van der Waals surface area contributed by atoms with E-state index in [1.165, 1.54) is 0 Å². The fraction of sp³-hybridized carbons (Fsp3) is 0.333. The number of carbonyl (C=O) groups is 2. The highest BCUT2D eigenvalue weighted by atomic mass is 16.5. The molecule has 1 saturated heterocycles. The van der Waals surface area contributed by atoms with Gasteiger partial charge in [0.05, 0.1) is 0 Å². The second-order valence-electron chi connectivity index (χ2n) is 6.82. The van der Waals surface area contributed by atoms with E-state index in [2.05, 4.69) is 12.2 Å². The van der Waals surface area contributed by atoms with E-state index >= 15 is 0 Å². The van der Waals surface area contributed by atoms with Gasteiger partial charge in [0.2, 0.25) is 0 Å². The van der Waals surface area contributed by atoms with E-state index in [-0.39, 0.29) is 18.0 Å². The van der Waals surface area contributed by atoms with Crippen molar-refractivity contribution in [3.63, 3.8) is 0 Å². The minimum Gasteiger partial charge on any atom is -0.381 e. The normalized spacial score (nSPS) is 19.4. The second-order valence-corrected chi connectivity index (χ2v) is 6.82. The average molecular weight is 367 g/mol. The lowest BCUT2D eigenvalue weighted by Crippen LogP contribution is -2.50. The van der Waals surface area contributed by atoms with E-state index in [9.17, 15) is 9.59 Å². The van der Waals surface area contributed by atoms with Crippen LogP contribution in [0.25, 0.3) is 0 Å². The number of likely N-dealkylation sites (tertiary alicyclic amines) is 1. The molecule has 2 unspecified atom stereocenters. The Hall–Kier alpha value is -2.86. The summed E-state index contributed by atoms with van der Waals surface area (Å²) in [5.74, 6) is -0.464. The van der Waals surface area contributed by atoms with Crippen molar-refractivity contribution < 1.29 is 14.8 Å². The Morgan fingerprint density at radius 2 is 1.74 bits per heavy atom. The monoisotopic (exact) mass is 367 g/mol. The summed E-state index contributed by atoms with van der Waals surface area (Å²) in [4.78, 5) is 26.3. The average Bonchev–Trinajstić information content (AvgIpc) is 2.73. The van der Waals surface area contributed by atoms with Gasteiger partial charge in [-0.2, -0.15) is 0 Å². The van der Waals surface area contributed by atoms with E-state index in [0.717, 1.165) is 30.5 Å². The molecule has 0 bridgehead atoms. The minimum absolute atomic E-state index is 0.0731. The molecular weight excluding hydrogens is 342 g/mol. The van der Waals surface area contributed by atoms with Crippen molar-refractivity contribution >= 4 is 17.5 Å². The zero-order valence-corrected chi connectivity index (χ0v) is 15.4. The van der Waals surface area contributed by atoms with Crippen LogP contribution in [-0.2, 0) is 0 Å². The van der Waals surface area contributed by atoms with Crippen LogP contribution in [0.5, 0.6) is 0 Å². The topological polar surface area (TPSA) is 81.7 Å². The van der Waals surface area contributed by atoms with Crippen LogP contribution in [0.2, 0.25) is 0 Å². The third kappa shape index (κ3) is 4.46. The van der Waals surface area contributed by atoms with Crippen molar-refractivity contribution in [2.24, 2.45) is 0 Å². The molecule has 1 aliphatic heterocycles. The summed E-state index contributed by atoms with van der Waals surface area (Å²) in [6, 6.07) is 16.7. The third-order valence-corrected chi connectivity index (χ3v) is 5.08. The summed E-state index contributed by atoms with van der Waals surface area (Å²) in [7, 11) is 0. The summed E-state index contributed by atoms with van der Waals surface area (Å²) >= 11 is 0. The molecule has 0 aliphatic carbocycles. The Labute approximate surface area is 159 Å². The van der Waals surface area contributed by atoms with Crippen molar-refractivity contribution in [2.75, 3.05) is 11.9 Å². The van der Waals surface area contributed by atoms with Crippen LogP contribution >= 0.6 is 0 Å². The Morgan fingerprint density at radius 1 is 1.04 bits per heavy atom. The number of amides is 2. The number of nitrogens with one attached hydrogen (secondary N) is 2. The summed E-state index contributed by atoms with van der Waals surface area (Å²) in [6.07, 6.45) is 2.88. The number of rotatable bonds is 5. The maximum absolute atomic E-state index is 12.9. The Kier molecular flexibility index (Phi) is 6.08. The van der Waals surface area contributed by atoms with Gasteiger partial charge in [0, 0.05) is 35.4 Å². The molecule has 6 nitrogen and oxygen atoms in total. The largest absolute Gasteiger partial charge is 0.381 e. The summed E-state index contributed by atoms with van der Waals surface area (Å²) in [6.45, 7) is 2.76. The molecule has 2 aromatic rings. The van der Waals surface area contributed by atoms with Gasteiger partial charge in [-0.25, -0.2) is 5.48 Å². The first-order valence-corrected chi connectivity index (χ1v) is 9.29. The van der Waals surface area contributed by atoms with Crippen LogP contribution in [0.1, 0.15) is 46.9 Å². The van der Waals surface area contributed by atoms with Gasteiger partial charge in [0.1, 0.15) is 0 Å². The highest BCUT2D eigenvalue weighted by Gasteiger charge is 2.31. The highest BCUT2D eigenvalue weighted by molar-refractivity contribution is 5.94. The molecule has 1 fully saturated rings. The van der Waals surface area contributed by atoms with Gasteiger partial charge in [-0.05, 0) is 55.7 Å². The highest BCUT2D eigenvalue weighted by Crippen LogP contribution is 2.24. The fourth-order valence-electron chi connectivity index (χ4n) is 3.58. The van der Waals surface area contributed by atoms with Gasteiger partial charge in [0.15, 0.2) is 0 Å². The molecule has 0 radical (unpaired) electrons. The van der Waals surface area contributed by atoms with E-state index in [0.29, 0.717) is 12.1 Å². The summed E-state index contributed by atoms with van der Waals surface area (Å²) < 4.78 is 0. The fourth-order valence-corrected chi connectivity index (χ4v) is 3.58. The lowest BCUT2D eigenvalue weighted by molar-refractivity contribution is 0.0592. The molecule has 0 spiro atoms. The molecule has 142 valence electrons. The molecule has 1 heterocycles.